The lowest BCUT2D eigenvalue weighted by molar-refractivity contribution is -0.115. The summed E-state index contributed by atoms with van der Waals surface area (Å²) in [5, 5.41) is 13.1. The molecule has 26 heavy (non-hydrogen) atoms. The number of aryl methyl sites for hydroxylation is 1. The van der Waals surface area contributed by atoms with Crippen molar-refractivity contribution in [2.24, 2.45) is 0 Å². The van der Waals surface area contributed by atoms with E-state index in [1.54, 1.807) is 6.26 Å². The number of benzene rings is 1. The first-order valence-corrected chi connectivity index (χ1v) is 8.72. The van der Waals surface area contributed by atoms with E-state index in [0.717, 1.165) is 16.1 Å². The van der Waals surface area contributed by atoms with E-state index >= 15 is 0 Å². The summed E-state index contributed by atoms with van der Waals surface area (Å²) < 4.78 is 10.5. The van der Waals surface area contributed by atoms with Crippen LogP contribution in [-0.4, -0.2) is 21.1 Å². The standard InChI is InChI=1S/C18H14N4O3S/c1-11-4-5-12(17-22-19-10-25-17)7-14(11)21-16(23)8-13-9-26-18(20-13)15-3-2-6-24-15/h2-7,9-10H,8H2,1H3,(H,21,23). The number of amides is 1. The van der Waals surface area contributed by atoms with Gasteiger partial charge in [-0.05, 0) is 36.8 Å². The molecule has 7 nitrogen and oxygen atoms in total. The Hall–Kier alpha value is -3.26. The molecule has 3 heterocycles. The first-order valence-electron chi connectivity index (χ1n) is 7.84. The first kappa shape index (κ1) is 16.2. The van der Waals surface area contributed by atoms with Gasteiger partial charge in [0, 0.05) is 16.6 Å². The molecule has 0 aliphatic rings. The van der Waals surface area contributed by atoms with Gasteiger partial charge in [0.2, 0.25) is 18.2 Å². The van der Waals surface area contributed by atoms with Crippen LogP contribution in [0.4, 0.5) is 5.69 Å². The molecule has 4 aromatic rings. The molecule has 0 spiro atoms. The highest BCUT2D eigenvalue weighted by atomic mass is 32.1. The van der Waals surface area contributed by atoms with Crippen LogP contribution in [-0.2, 0) is 11.2 Å². The minimum Gasteiger partial charge on any atom is -0.462 e. The summed E-state index contributed by atoms with van der Waals surface area (Å²) in [6.07, 6.45) is 3.05. The molecule has 0 bridgehead atoms. The van der Waals surface area contributed by atoms with Crippen LogP contribution in [0, 0.1) is 6.92 Å². The maximum Gasteiger partial charge on any atom is 0.247 e. The molecule has 8 heteroatoms. The predicted octanol–water partition coefficient (Wildman–Crippen LogP) is 3.94. The second-order valence-corrected chi connectivity index (χ2v) is 6.48. The highest BCUT2D eigenvalue weighted by Gasteiger charge is 2.13. The second kappa shape index (κ2) is 6.93. The van der Waals surface area contributed by atoms with Gasteiger partial charge in [-0.2, -0.15) is 0 Å². The molecule has 0 aliphatic heterocycles. The number of carbonyl (C=O) groups is 1. The molecule has 1 amide bonds. The minimum atomic E-state index is -0.146. The van der Waals surface area contributed by atoms with Gasteiger partial charge in [-0.1, -0.05) is 6.07 Å². The average molecular weight is 366 g/mol. The Labute approximate surface area is 152 Å². The van der Waals surface area contributed by atoms with Gasteiger partial charge >= 0.3 is 0 Å². The van der Waals surface area contributed by atoms with Crippen LogP contribution in [0.15, 0.2) is 57.2 Å². The van der Waals surface area contributed by atoms with Gasteiger partial charge in [0.1, 0.15) is 0 Å². The Morgan fingerprint density at radius 2 is 2.19 bits per heavy atom. The number of carbonyl (C=O) groups excluding carboxylic acids is 1. The number of hydrogen-bond acceptors (Lipinski definition) is 7. The summed E-state index contributed by atoms with van der Waals surface area (Å²) >= 11 is 1.45. The molecular formula is C18H14N4O3S. The highest BCUT2D eigenvalue weighted by molar-refractivity contribution is 7.13. The Kier molecular flexibility index (Phi) is 4.32. The lowest BCUT2D eigenvalue weighted by atomic mass is 10.1. The first-order chi connectivity index (χ1) is 12.7. The molecule has 130 valence electrons. The lowest BCUT2D eigenvalue weighted by Gasteiger charge is -2.09. The third-order valence-electron chi connectivity index (χ3n) is 3.74. The molecule has 4 rings (SSSR count). The molecule has 0 unspecified atom stereocenters. The molecule has 1 aromatic carbocycles. The van der Waals surface area contributed by atoms with E-state index in [4.69, 9.17) is 8.83 Å². The number of nitrogens with one attached hydrogen (secondary N) is 1. The van der Waals surface area contributed by atoms with Gasteiger partial charge in [0.25, 0.3) is 0 Å². The third kappa shape index (κ3) is 3.40. The smallest absolute Gasteiger partial charge is 0.247 e. The maximum atomic E-state index is 12.4. The fourth-order valence-corrected chi connectivity index (χ4v) is 3.24. The second-order valence-electron chi connectivity index (χ2n) is 5.62. The molecule has 0 radical (unpaired) electrons. The summed E-state index contributed by atoms with van der Waals surface area (Å²) in [4.78, 5) is 16.9. The van der Waals surface area contributed by atoms with E-state index in [2.05, 4.69) is 20.5 Å². The fraction of sp³-hybridized carbons (Fsp3) is 0.111. The van der Waals surface area contributed by atoms with Crippen molar-refractivity contribution in [2.75, 3.05) is 5.32 Å². The predicted molar refractivity (Wildman–Crippen MR) is 96.6 cm³/mol. The number of anilines is 1. The van der Waals surface area contributed by atoms with Crippen molar-refractivity contribution >= 4 is 22.9 Å². The monoisotopic (exact) mass is 366 g/mol. The molecule has 1 N–H and O–H groups in total. The Morgan fingerprint density at radius 3 is 2.96 bits per heavy atom. The van der Waals surface area contributed by atoms with E-state index < -0.39 is 0 Å². The number of hydrogen-bond donors (Lipinski definition) is 1. The third-order valence-corrected chi connectivity index (χ3v) is 4.65. The van der Waals surface area contributed by atoms with Gasteiger partial charge < -0.3 is 14.2 Å². The number of aromatic nitrogens is 3. The van der Waals surface area contributed by atoms with E-state index in [9.17, 15) is 4.79 Å². The summed E-state index contributed by atoms with van der Waals surface area (Å²) in [7, 11) is 0. The van der Waals surface area contributed by atoms with Crippen LogP contribution in [0.2, 0.25) is 0 Å². The molecule has 0 aliphatic carbocycles. The maximum absolute atomic E-state index is 12.4. The van der Waals surface area contributed by atoms with Gasteiger partial charge in [-0.25, -0.2) is 4.98 Å². The van der Waals surface area contributed by atoms with Crippen molar-refractivity contribution < 1.29 is 13.6 Å². The highest BCUT2D eigenvalue weighted by Crippen LogP contribution is 2.26. The van der Waals surface area contributed by atoms with Crippen molar-refractivity contribution in [3.8, 4) is 22.2 Å². The van der Waals surface area contributed by atoms with E-state index in [0.29, 0.717) is 23.0 Å². The zero-order chi connectivity index (χ0) is 17.9. The van der Waals surface area contributed by atoms with Crippen molar-refractivity contribution in [3.05, 3.63) is 59.6 Å². The van der Waals surface area contributed by atoms with E-state index in [-0.39, 0.29) is 12.3 Å². The van der Waals surface area contributed by atoms with Crippen LogP contribution >= 0.6 is 11.3 Å². The number of nitrogens with zero attached hydrogens (tertiary/aromatic N) is 3. The molecule has 3 aromatic heterocycles. The summed E-state index contributed by atoms with van der Waals surface area (Å²) in [5.74, 6) is 0.958. The van der Waals surface area contributed by atoms with Crippen LogP contribution in [0.3, 0.4) is 0 Å². The SMILES string of the molecule is Cc1ccc(-c2nnco2)cc1NC(=O)Cc1csc(-c2ccco2)n1. The largest absolute Gasteiger partial charge is 0.462 e. The van der Waals surface area contributed by atoms with Crippen molar-refractivity contribution in [2.45, 2.75) is 13.3 Å². The number of thiazole rings is 1. The van der Waals surface area contributed by atoms with Gasteiger partial charge in [-0.15, -0.1) is 21.5 Å². The van der Waals surface area contributed by atoms with Crippen LogP contribution in [0.25, 0.3) is 22.2 Å². The van der Waals surface area contributed by atoms with Gasteiger partial charge in [0.15, 0.2) is 10.8 Å². The summed E-state index contributed by atoms with van der Waals surface area (Å²) in [5.41, 5.74) is 3.09. The zero-order valence-corrected chi connectivity index (χ0v) is 14.6. The molecule has 0 atom stereocenters. The minimum absolute atomic E-state index is 0.146. The Morgan fingerprint density at radius 1 is 1.27 bits per heavy atom. The lowest BCUT2D eigenvalue weighted by Crippen LogP contribution is -2.15. The van der Waals surface area contributed by atoms with Crippen molar-refractivity contribution in [3.63, 3.8) is 0 Å². The molecule has 0 saturated heterocycles. The normalized spacial score (nSPS) is 10.8. The van der Waals surface area contributed by atoms with Gasteiger partial charge in [-0.3, -0.25) is 4.79 Å². The average Bonchev–Trinajstić information content (AvgIpc) is 3.39. The zero-order valence-electron chi connectivity index (χ0n) is 13.8. The van der Waals surface area contributed by atoms with Crippen LogP contribution in [0.1, 0.15) is 11.3 Å². The van der Waals surface area contributed by atoms with E-state index in [1.165, 1.54) is 17.7 Å². The molecule has 0 fully saturated rings. The molecular weight excluding hydrogens is 352 g/mol. The summed E-state index contributed by atoms with van der Waals surface area (Å²) in [6, 6.07) is 9.23. The van der Waals surface area contributed by atoms with Crippen LogP contribution in [0.5, 0.6) is 0 Å². The van der Waals surface area contributed by atoms with E-state index in [1.807, 2.05) is 42.6 Å². The van der Waals surface area contributed by atoms with Crippen molar-refractivity contribution in [1.29, 1.82) is 0 Å². The topological polar surface area (TPSA) is 94.1 Å². The number of furan rings is 1. The summed E-state index contributed by atoms with van der Waals surface area (Å²) in [6.45, 7) is 1.92. The fourth-order valence-electron chi connectivity index (χ4n) is 2.45. The Bertz CT molecular complexity index is 1020. The van der Waals surface area contributed by atoms with Crippen molar-refractivity contribution in [1.82, 2.24) is 15.2 Å². The number of rotatable bonds is 5. The van der Waals surface area contributed by atoms with Crippen LogP contribution < -0.4 is 5.32 Å². The Balaban J connectivity index is 1.47. The quantitative estimate of drug-likeness (QED) is 0.575. The van der Waals surface area contributed by atoms with Gasteiger partial charge in [0.05, 0.1) is 18.4 Å². The molecule has 0 saturated carbocycles.